The fourth-order valence-electron chi connectivity index (χ4n) is 4.39. The van der Waals surface area contributed by atoms with E-state index in [1.807, 2.05) is 64.2 Å². The molecule has 1 aromatic carbocycles. The van der Waals surface area contributed by atoms with E-state index in [2.05, 4.69) is 15.4 Å². The first kappa shape index (κ1) is 20.5. The van der Waals surface area contributed by atoms with Crippen molar-refractivity contribution < 1.29 is 14.3 Å². The van der Waals surface area contributed by atoms with Gasteiger partial charge in [0.2, 0.25) is 5.91 Å². The summed E-state index contributed by atoms with van der Waals surface area (Å²) < 4.78 is 7.33. The summed E-state index contributed by atoms with van der Waals surface area (Å²) in [5, 5.41) is 7.56. The predicted molar refractivity (Wildman–Crippen MR) is 120 cm³/mol. The number of ether oxygens (including phenoxy) is 1. The number of nitrogens with zero attached hydrogens (tertiary/aromatic N) is 4. The van der Waals surface area contributed by atoms with Crippen LogP contribution in [-0.2, 0) is 9.53 Å². The van der Waals surface area contributed by atoms with Gasteiger partial charge >= 0.3 is 6.09 Å². The lowest BCUT2D eigenvalue weighted by molar-refractivity contribution is -0.120. The first-order chi connectivity index (χ1) is 15.2. The van der Waals surface area contributed by atoms with E-state index in [1.54, 1.807) is 15.6 Å². The van der Waals surface area contributed by atoms with Gasteiger partial charge in [-0.2, -0.15) is 0 Å². The molecule has 1 saturated carbocycles. The zero-order chi connectivity index (χ0) is 22.6. The molecule has 5 rings (SSSR count). The van der Waals surface area contributed by atoms with E-state index in [0.717, 1.165) is 23.1 Å². The number of hydrogen-bond acceptors (Lipinski definition) is 5. The number of piperidine rings is 1. The minimum absolute atomic E-state index is 0.107. The van der Waals surface area contributed by atoms with Crippen molar-refractivity contribution in [2.75, 3.05) is 5.32 Å². The molecule has 3 heterocycles. The van der Waals surface area contributed by atoms with Gasteiger partial charge in [-0.1, -0.05) is 6.07 Å². The van der Waals surface area contributed by atoms with Crippen LogP contribution in [0.1, 0.15) is 39.2 Å². The molecule has 0 bridgehead atoms. The molecule has 2 aromatic heterocycles. The minimum Gasteiger partial charge on any atom is -0.444 e. The molecule has 0 spiro atoms. The number of carbonyl (C=O) groups excluding carboxylic acids is 2. The molecule has 1 aliphatic carbocycles. The van der Waals surface area contributed by atoms with Crippen LogP contribution in [-0.4, -0.2) is 49.2 Å². The van der Waals surface area contributed by atoms with Gasteiger partial charge in [0.05, 0.1) is 11.7 Å². The lowest BCUT2D eigenvalue weighted by Gasteiger charge is -2.30. The molecule has 1 aliphatic heterocycles. The Morgan fingerprint density at radius 1 is 1.19 bits per heavy atom. The Kier molecular flexibility index (Phi) is 4.69. The van der Waals surface area contributed by atoms with Gasteiger partial charge in [-0.15, -0.1) is 5.10 Å². The maximum absolute atomic E-state index is 13.1. The third kappa shape index (κ3) is 3.81. The van der Waals surface area contributed by atoms with E-state index in [4.69, 9.17) is 4.74 Å². The quantitative estimate of drug-likeness (QED) is 0.673. The molecule has 0 radical (unpaired) electrons. The van der Waals surface area contributed by atoms with Crippen molar-refractivity contribution in [2.45, 2.75) is 58.2 Å². The zero-order valence-electron chi connectivity index (χ0n) is 18.7. The number of carbonyl (C=O) groups is 2. The number of aryl methyl sites for hydroxylation is 1. The van der Waals surface area contributed by atoms with Crippen LogP contribution in [0.4, 0.5) is 10.5 Å². The van der Waals surface area contributed by atoms with E-state index in [9.17, 15) is 9.59 Å². The van der Waals surface area contributed by atoms with Crippen LogP contribution in [0.15, 0.2) is 42.7 Å². The van der Waals surface area contributed by atoms with Gasteiger partial charge in [-0.05, 0) is 76.3 Å². The SMILES string of the molecule is Cc1ccc(NC(=O)[C@@H]2C[C@@H]3C[C@@H]3N2C(=O)OC(C)(C)C)cc1-c1ncc2cccn2n1. The first-order valence-corrected chi connectivity index (χ1v) is 10.9. The summed E-state index contributed by atoms with van der Waals surface area (Å²) in [5.41, 5.74) is 2.82. The van der Waals surface area contributed by atoms with E-state index in [1.165, 1.54) is 0 Å². The smallest absolute Gasteiger partial charge is 0.411 e. The average molecular weight is 434 g/mol. The summed E-state index contributed by atoms with van der Waals surface area (Å²) in [4.78, 5) is 32.0. The van der Waals surface area contributed by atoms with Crippen molar-refractivity contribution in [1.82, 2.24) is 19.5 Å². The number of fused-ring (bicyclic) bond motifs is 2. The van der Waals surface area contributed by atoms with Crippen molar-refractivity contribution in [3.05, 3.63) is 48.3 Å². The summed E-state index contributed by atoms with van der Waals surface area (Å²) in [6, 6.07) is 9.12. The number of aromatic nitrogens is 3. The highest BCUT2D eigenvalue weighted by molar-refractivity contribution is 5.97. The van der Waals surface area contributed by atoms with Crippen LogP contribution in [0.5, 0.6) is 0 Å². The van der Waals surface area contributed by atoms with Crippen LogP contribution in [0.2, 0.25) is 0 Å². The highest BCUT2D eigenvalue weighted by Gasteiger charge is 2.57. The Morgan fingerprint density at radius 2 is 2.00 bits per heavy atom. The Bertz CT molecular complexity index is 1210. The first-order valence-electron chi connectivity index (χ1n) is 10.9. The molecule has 32 heavy (non-hydrogen) atoms. The summed E-state index contributed by atoms with van der Waals surface area (Å²) in [7, 11) is 0. The summed E-state index contributed by atoms with van der Waals surface area (Å²) in [6.45, 7) is 7.49. The van der Waals surface area contributed by atoms with Crippen molar-refractivity contribution in [1.29, 1.82) is 0 Å². The molecule has 3 atom stereocenters. The largest absolute Gasteiger partial charge is 0.444 e. The van der Waals surface area contributed by atoms with Gasteiger partial charge < -0.3 is 10.1 Å². The van der Waals surface area contributed by atoms with Crippen LogP contribution < -0.4 is 5.32 Å². The van der Waals surface area contributed by atoms with Gasteiger partial charge in [0.1, 0.15) is 11.6 Å². The maximum atomic E-state index is 13.1. The van der Waals surface area contributed by atoms with Crippen LogP contribution in [0, 0.1) is 12.8 Å². The Labute approximate surface area is 186 Å². The third-order valence-corrected chi connectivity index (χ3v) is 6.04. The molecule has 8 nitrogen and oxygen atoms in total. The number of amides is 2. The Morgan fingerprint density at radius 3 is 2.78 bits per heavy atom. The van der Waals surface area contributed by atoms with E-state index in [0.29, 0.717) is 23.9 Å². The maximum Gasteiger partial charge on any atom is 0.411 e. The van der Waals surface area contributed by atoms with Gasteiger partial charge in [0.25, 0.3) is 0 Å². The van der Waals surface area contributed by atoms with Gasteiger partial charge in [0.15, 0.2) is 5.82 Å². The fourth-order valence-corrected chi connectivity index (χ4v) is 4.39. The predicted octanol–water partition coefficient (Wildman–Crippen LogP) is 4.04. The Balaban J connectivity index is 1.36. The fraction of sp³-hybridized carbons (Fsp3) is 0.417. The molecule has 1 N–H and O–H groups in total. The van der Waals surface area contributed by atoms with Crippen LogP contribution in [0.25, 0.3) is 16.9 Å². The molecular weight excluding hydrogens is 406 g/mol. The monoisotopic (exact) mass is 433 g/mol. The lowest BCUT2D eigenvalue weighted by atomic mass is 10.1. The van der Waals surface area contributed by atoms with Crippen molar-refractivity contribution in [3.8, 4) is 11.4 Å². The van der Waals surface area contributed by atoms with Crippen LogP contribution >= 0.6 is 0 Å². The van der Waals surface area contributed by atoms with E-state index >= 15 is 0 Å². The van der Waals surface area contributed by atoms with Crippen molar-refractivity contribution in [3.63, 3.8) is 0 Å². The number of benzene rings is 1. The molecule has 0 unspecified atom stereocenters. The second kappa shape index (κ2) is 7.32. The summed E-state index contributed by atoms with van der Waals surface area (Å²) in [5.74, 6) is 0.771. The molecule has 8 heteroatoms. The third-order valence-electron chi connectivity index (χ3n) is 6.04. The average Bonchev–Trinajstić information content (AvgIpc) is 3.16. The number of likely N-dealkylation sites (tertiary alicyclic amines) is 1. The number of hydrogen-bond donors (Lipinski definition) is 1. The van der Waals surface area contributed by atoms with Crippen molar-refractivity contribution in [2.24, 2.45) is 5.92 Å². The summed E-state index contributed by atoms with van der Waals surface area (Å²) >= 11 is 0. The molecule has 2 amide bonds. The summed E-state index contributed by atoms with van der Waals surface area (Å²) in [6.07, 6.45) is 4.84. The van der Waals surface area contributed by atoms with Crippen LogP contribution in [0.3, 0.4) is 0 Å². The van der Waals surface area contributed by atoms with Gasteiger partial charge in [0, 0.05) is 23.5 Å². The number of anilines is 1. The van der Waals surface area contributed by atoms with Gasteiger partial charge in [-0.25, -0.2) is 14.3 Å². The number of nitrogens with one attached hydrogen (secondary N) is 1. The van der Waals surface area contributed by atoms with E-state index in [-0.39, 0.29) is 11.9 Å². The zero-order valence-corrected chi connectivity index (χ0v) is 18.7. The highest BCUT2D eigenvalue weighted by atomic mass is 16.6. The standard InChI is InChI=1S/C24H27N5O3/c1-14-7-8-16(12-18(14)21-25-13-17-6-5-9-28(17)27-21)26-22(30)20-11-15-10-19(15)29(20)23(31)32-24(2,3)4/h5-9,12-13,15,19-20H,10-11H2,1-4H3,(H,26,30)/t15-,19-,20-/m0/s1. The second-order valence-electron chi connectivity index (χ2n) is 9.68. The Hall–Kier alpha value is -3.42. The molecule has 166 valence electrons. The minimum atomic E-state index is -0.599. The lowest BCUT2D eigenvalue weighted by Crippen LogP contribution is -2.47. The van der Waals surface area contributed by atoms with E-state index < -0.39 is 17.7 Å². The van der Waals surface area contributed by atoms with Gasteiger partial charge in [-0.3, -0.25) is 9.69 Å². The number of rotatable bonds is 3. The topological polar surface area (TPSA) is 88.8 Å². The highest BCUT2D eigenvalue weighted by Crippen LogP contribution is 2.48. The normalized spacial score (nSPS) is 22.0. The second-order valence-corrected chi connectivity index (χ2v) is 9.68. The molecule has 2 fully saturated rings. The van der Waals surface area contributed by atoms with Crippen molar-refractivity contribution >= 4 is 23.2 Å². The molecule has 2 aliphatic rings. The molecule has 3 aromatic rings. The molecular formula is C24H27N5O3. The molecule has 1 saturated heterocycles.